The normalized spacial score (nSPS) is 33.1. The van der Waals surface area contributed by atoms with Crippen LogP contribution in [0, 0.1) is 37.5 Å². The van der Waals surface area contributed by atoms with Crippen molar-refractivity contribution in [3.05, 3.63) is 52.6 Å². The summed E-state index contributed by atoms with van der Waals surface area (Å²) in [5.41, 5.74) is 5.80. The van der Waals surface area contributed by atoms with E-state index >= 15 is 0 Å². The quantitative estimate of drug-likeness (QED) is 0.573. The second kappa shape index (κ2) is 5.17. The Balaban J connectivity index is 1.57. The molecule has 1 saturated heterocycles. The Morgan fingerprint density at radius 3 is 2.12 bits per heavy atom. The number of nitrogens with zero attached hydrogens (tertiary/aromatic N) is 1. The second-order valence-corrected chi connectivity index (χ2v) is 8.06. The first-order valence-electron chi connectivity index (χ1n) is 9.43. The summed E-state index contributed by atoms with van der Waals surface area (Å²) in [4.78, 5) is 28.0. The van der Waals surface area contributed by atoms with Crippen LogP contribution in [0.4, 0.5) is 5.69 Å². The topological polar surface area (TPSA) is 37.4 Å². The van der Waals surface area contributed by atoms with Gasteiger partial charge in [-0.15, -0.1) is 0 Å². The van der Waals surface area contributed by atoms with Gasteiger partial charge in [0.2, 0.25) is 11.8 Å². The molecule has 4 aliphatic rings. The van der Waals surface area contributed by atoms with Gasteiger partial charge in [-0.25, -0.2) is 4.90 Å². The van der Waals surface area contributed by atoms with Gasteiger partial charge in [-0.2, -0.15) is 0 Å². The molecule has 0 spiro atoms. The number of aryl methyl sites for hydroxylation is 2. The molecule has 1 aromatic carbocycles. The number of fused-ring (bicyclic) bond motifs is 5. The van der Waals surface area contributed by atoms with Crippen molar-refractivity contribution in [2.75, 3.05) is 4.90 Å². The summed E-state index contributed by atoms with van der Waals surface area (Å²) in [7, 11) is 0. The van der Waals surface area contributed by atoms with Gasteiger partial charge in [0, 0.05) is 11.8 Å². The van der Waals surface area contributed by atoms with Crippen molar-refractivity contribution in [3.8, 4) is 0 Å². The van der Waals surface area contributed by atoms with Crippen molar-refractivity contribution in [2.45, 2.75) is 39.5 Å². The molecule has 3 heteroatoms. The Morgan fingerprint density at radius 1 is 0.920 bits per heavy atom. The molecule has 1 aliphatic heterocycles. The highest BCUT2D eigenvalue weighted by molar-refractivity contribution is 6.23. The standard InChI is InChI=1S/C22H23NO2/c1-12-7-8-13(2)17(11-12)23-21(24)19-15-9-10-16(20(19)22(23)25)18(15)14-5-3-4-6-14/h7-11,15-16,19-20H,3-6H2,1-2H3/t15-,16-,19+,20+/m1/s1. The summed E-state index contributed by atoms with van der Waals surface area (Å²) in [5.74, 6) is -0.00588. The number of hydrogen-bond donors (Lipinski definition) is 0. The van der Waals surface area contributed by atoms with Crippen molar-refractivity contribution in [2.24, 2.45) is 23.7 Å². The van der Waals surface area contributed by atoms with E-state index in [1.54, 1.807) is 0 Å². The van der Waals surface area contributed by atoms with Gasteiger partial charge in [0.15, 0.2) is 0 Å². The molecule has 128 valence electrons. The zero-order valence-corrected chi connectivity index (χ0v) is 14.8. The van der Waals surface area contributed by atoms with Crippen molar-refractivity contribution in [1.82, 2.24) is 0 Å². The van der Waals surface area contributed by atoms with Crippen LogP contribution in [0.2, 0.25) is 0 Å². The van der Waals surface area contributed by atoms with E-state index in [9.17, 15) is 9.59 Å². The lowest BCUT2D eigenvalue weighted by Crippen LogP contribution is -2.33. The highest BCUT2D eigenvalue weighted by Crippen LogP contribution is 2.58. The number of rotatable bonds is 1. The van der Waals surface area contributed by atoms with Gasteiger partial charge in [-0.3, -0.25) is 9.59 Å². The number of allylic oxidation sites excluding steroid dienone is 4. The second-order valence-electron chi connectivity index (χ2n) is 8.06. The predicted octanol–water partition coefficient (Wildman–Crippen LogP) is 4.10. The van der Waals surface area contributed by atoms with E-state index < -0.39 is 0 Å². The van der Waals surface area contributed by atoms with E-state index in [2.05, 4.69) is 12.2 Å². The first-order chi connectivity index (χ1) is 12.1. The van der Waals surface area contributed by atoms with Gasteiger partial charge >= 0.3 is 0 Å². The van der Waals surface area contributed by atoms with Crippen molar-refractivity contribution in [1.29, 1.82) is 0 Å². The fraction of sp³-hybridized carbons (Fsp3) is 0.455. The van der Waals surface area contributed by atoms with E-state index in [0.29, 0.717) is 0 Å². The van der Waals surface area contributed by atoms with Crippen LogP contribution in [0.25, 0.3) is 0 Å². The lowest BCUT2D eigenvalue weighted by Gasteiger charge is -2.21. The summed E-state index contributed by atoms with van der Waals surface area (Å²) in [6, 6.07) is 5.99. The molecular formula is C22H23NO2. The van der Waals surface area contributed by atoms with Crippen LogP contribution in [0.1, 0.15) is 36.8 Å². The van der Waals surface area contributed by atoms with Crippen LogP contribution in [0.15, 0.2) is 41.5 Å². The number of carbonyl (C=O) groups excluding carboxylic acids is 2. The zero-order chi connectivity index (χ0) is 17.3. The van der Waals surface area contributed by atoms with Crippen LogP contribution in [-0.2, 0) is 9.59 Å². The number of anilines is 1. The summed E-state index contributed by atoms with van der Waals surface area (Å²) in [6.45, 7) is 3.98. The minimum Gasteiger partial charge on any atom is -0.274 e. The Morgan fingerprint density at radius 2 is 1.52 bits per heavy atom. The summed E-state index contributed by atoms with van der Waals surface area (Å²) in [5, 5.41) is 0. The Kier molecular flexibility index (Phi) is 3.13. The summed E-state index contributed by atoms with van der Waals surface area (Å²) < 4.78 is 0. The first-order valence-corrected chi connectivity index (χ1v) is 9.43. The Bertz CT molecular complexity index is 821. The predicted molar refractivity (Wildman–Crippen MR) is 97.0 cm³/mol. The monoisotopic (exact) mass is 333 g/mol. The van der Waals surface area contributed by atoms with Crippen molar-refractivity contribution in [3.63, 3.8) is 0 Å². The molecule has 0 radical (unpaired) electrons. The van der Waals surface area contributed by atoms with E-state index in [4.69, 9.17) is 0 Å². The minimum absolute atomic E-state index is 0.0108. The molecule has 2 amide bonds. The molecule has 3 aliphatic carbocycles. The molecule has 2 saturated carbocycles. The molecule has 3 fully saturated rings. The maximum absolute atomic E-state index is 13.3. The number of amides is 2. The zero-order valence-electron chi connectivity index (χ0n) is 14.8. The lowest BCUT2D eigenvalue weighted by molar-refractivity contribution is -0.122. The first kappa shape index (κ1) is 15.1. The van der Waals surface area contributed by atoms with Gasteiger partial charge in [0.05, 0.1) is 17.5 Å². The third-order valence-electron chi connectivity index (χ3n) is 6.64. The molecule has 3 nitrogen and oxygen atoms in total. The Labute approximate surface area is 148 Å². The average molecular weight is 333 g/mol. The number of hydrogen-bond acceptors (Lipinski definition) is 2. The van der Waals surface area contributed by atoms with E-state index in [0.717, 1.165) is 29.7 Å². The van der Waals surface area contributed by atoms with Gasteiger partial charge in [0.25, 0.3) is 0 Å². The number of imide groups is 1. The third-order valence-corrected chi connectivity index (χ3v) is 6.64. The van der Waals surface area contributed by atoms with Crippen LogP contribution >= 0.6 is 0 Å². The third kappa shape index (κ3) is 1.92. The van der Waals surface area contributed by atoms with E-state index in [-0.39, 0.29) is 35.5 Å². The summed E-state index contributed by atoms with van der Waals surface area (Å²) in [6.07, 6.45) is 9.22. The fourth-order valence-electron chi connectivity index (χ4n) is 5.52. The van der Waals surface area contributed by atoms with Gasteiger partial charge in [-0.05, 0) is 56.7 Å². The van der Waals surface area contributed by atoms with Crippen LogP contribution in [-0.4, -0.2) is 11.8 Å². The smallest absolute Gasteiger partial charge is 0.238 e. The average Bonchev–Trinajstić information content (AvgIpc) is 3.33. The lowest BCUT2D eigenvalue weighted by atomic mass is 9.85. The molecule has 4 atom stereocenters. The maximum atomic E-state index is 13.3. The maximum Gasteiger partial charge on any atom is 0.238 e. The molecule has 25 heavy (non-hydrogen) atoms. The van der Waals surface area contributed by atoms with Gasteiger partial charge in [0.1, 0.15) is 0 Å². The fourth-order valence-corrected chi connectivity index (χ4v) is 5.52. The molecule has 0 unspecified atom stereocenters. The molecule has 5 rings (SSSR count). The number of benzene rings is 1. The highest BCUT2D eigenvalue weighted by Gasteiger charge is 2.62. The molecule has 1 aromatic rings. The Hall–Kier alpha value is -2.16. The van der Waals surface area contributed by atoms with Crippen molar-refractivity contribution < 1.29 is 9.59 Å². The molecule has 2 bridgehead atoms. The minimum atomic E-state index is -0.175. The SMILES string of the molecule is Cc1ccc(C)c(N2C(=O)[C@@H]3[C@@H](C2=O)[C@@H]2C=C[C@@H]3C2=C2CCCC2)c1. The molecule has 0 aromatic heterocycles. The van der Waals surface area contributed by atoms with Crippen LogP contribution in [0.3, 0.4) is 0 Å². The van der Waals surface area contributed by atoms with E-state index in [1.165, 1.54) is 28.9 Å². The molecular weight excluding hydrogens is 310 g/mol. The highest BCUT2D eigenvalue weighted by atomic mass is 16.2. The molecule has 0 N–H and O–H groups in total. The van der Waals surface area contributed by atoms with Crippen molar-refractivity contribution >= 4 is 17.5 Å². The van der Waals surface area contributed by atoms with Gasteiger partial charge in [-0.1, -0.05) is 35.4 Å². The van der Waals surface area contributed by atoms with E-state index in [1.807, 2.05) is 32.0 Å². The molecule has 1 heterocycles. The van der Waals surface area contributed by atoms with Crippen LogP contribution in [0.5, 0.6) is 0 Å². The van der Waals surface area contributed by atoms with Crippen LogP contribution < -0.4 is 4.90 Å². The van der Waals surface area contributed by atoms with Gasteiger partial charge < -0.3 is 0 Å². The summed E-state index contributed by atoms with van der Waals surface area (Å²) >= 11 is 0. The largest absolute Gasteiger partial charge is 0.274 e. The number of carbonyl (C=O) groups is 2.